The van der Waals surface area contributed by atoms with Gasteiger partial charge in [-0.05, 0) is 12.1 Å². The molecule has 0 saturated carbocycles. The van der Waals surface area contributed by atoms with Gasteiger partial charge in [-0.2, -0.15) is 0 Å². The first-order valence-electron chi connectivity index (χ1n) is 5.37. The highest BCUT2D eigenvalue weighted by Crippen LogP contribution is 2.20. The van der Waals surface area contributed by atoms with Crippen molar-refractivity contribution in [2.24, 2.45) is 5.92 Å². The number of aliphatic carboxylic acids is 1. The molecule has 18 heavy (non-hydrogen) atoms. The number of hydrogen-bond acceptors (Lipinski definition) is 3. The van der Waals surface area contributed by atoms with Crippen molar-refractivity contribution in [2.45, 2.75) is 11.8 Å². The normalized spacial score (nSPS) is 11.9. The van der Waals surface area contributed by atoms with E-state index in [1.165, 1.54) is 13.0 Å². The summed E-state index contributed by atoms with van der Waals surface area (Å²) in [6, 6.07) is 6.18. The van der Waals surface area contributed by atoms with Crippen LogP contribution in [0.25, 0.3) is 0 Å². The maximum absolute atomic E-state index is 13.2. The van der Waals surface area contributed by atoms with Crippen molar-refractivity contribution in [3.8, 4) is 0 Å². The summed E-state index contributed by atoms with van der Waals surface area (Å²) in [4.78, 5) is 22.3. The van der Waals surface area contributed by atoms with Crippen LogP contribution in [0.3, 0.4) is 0 Å². The molecular formula is C12H14FNO3S. The Hall–Kier alpha value is -1.56. The molecule has 1 aromatic rings. The summed E-state index contributed by atoms with van der Waals surface area (Å²) >= 11 is 1.08. The van der Waals surface area contributed by atoms with Gasteiger partial charge in [-0.15, -0.1) is 11.8 Å². The molecule has 0 spiro atoms. The second-order valence-corrected chi connectivity index (χ2v) is 4.78. The molecular weight excluding hydrogens is 257 g/mol. The number of carboxylic acids is 1. The number of hydrogen-bond donors (Lipinski definition) is 2. The second kappa shape index (κ2) is 7.00. The molecule has 0 fully saturated rings. The Bertz CT molecular complexity index is 439. The fraction of sp³-hybridized carbons (Fsp3) is 0.333. The number of carboxylic acid groups (broad SMARTS) is 1. The van der Waals surface area contributed by atoms with Crippen LogP contribution in [0.1, 0.15) is 6.92 Å². The SMILES string of the molecule is CC(CNC(=O)CSc1ccccc1F)C(=O)O. The molecule has 0 radical (unpaired) electrons. The van der Waals surface area contributed by atoms with Crippen molar-refractivity contribution in [1.82, 2.24) is 5.32 Å². The van der Waals surface area contributed by atoms with Crippen LogP contribution in [0, 0.1) is 11.7 Å². The van der Waals surface area contributed by atoms with Crippen molar-refractivity contribution >= 4 is 23.6 Å². The molecule has 0 heterocycles. The van der Waals surface area contributed by atoms with Gasteiger partial charge < -0.3 is 10.4 Å². The molecule has 0 aliphatic carbocycles. The van der Waals surface area contributed by atoms with Crippen LogP contribution in [-0.2, 0) is 9.59 Å². The number of amides is 1. The lowest BCUT2D eigenvalue weighted by Gasteiger charge is -2.08. The highest BCUT2D eigenvalue weighted by Gasteiger charge is 2.12. The van der Waals surface area contributed by atoms with Crippen molar-refractivity contribution in [3.05, 3.63) is 30.1 Å². The van der Waals surface area contributed by atoms with Gasteiger partial charge in [-0.3, -0.25) is 9.59 Å². The molecule has 1 amide bonds. The lowest BCUT2D eigenvalue weighted by Crippen LogP contribution is -2.32. The van der Waals surface area contributed by atoms with Gasteiger partial charge in [-0.25, -0.2) is 4.39 Å². The maximum Gasteiger partial charge on any atom is 0.308 e. The third-order valence-electron chi connectivity index (χ3n) is 2.22. The molecule has 2 N–H and O–H groups in total. The van der Waals surface area contributed by atoms with Gasteiger partial charge in [0.05, 0.1) is 11.7 Å². The van der Waals surface area contributed by atoms with E-state index in [1.54, 1.807) is 18.2 Å². The first-order chi connectivity index (χ1) is 8.50. The summed E-state index contributed by atoms with van der Waals surface area (Å²) < 4.78 is 13.2. The molecule has 0 saturated heterocycles. The van der Waals surface area contributed by atoms with Gasteiger partial charge in [0.2, 0.25) is 5.91 Å². The van der Waals surface area contributed by atoms with Crippen LogP contribution < -0.4 is 5.32 Å². The number of benzene rings is 1. The predicted molar refractivity (Wildman–Crippen MR) is 66.9 cm³/mol. The molecule has 0 aliphatic heterocycles. The van der Waals surface area contributed by atoms with Crippen molar-refractivity contribution < 1.29 is 19.1 Å². The largest absolute Gasteiger partial charge is 0.481 e. The predicted octanol–water partition coefficient (Wildman–Crippen LogP) is 1.75. The smallest absolute Gasteiger partial charge is 0.308 e. The summed E-state index contributed by atoms with van der Waals surface area (Å²) in [7, 11) is 0. The van der Waals surface area contributed by atoms with Crippen LogP contribution >= 0.6 is 11.8 Å². The zero-order valence-corrected chi connectivity index (χ0v) is 10.7. The van der Waals surface area contributed by atoms with Gasteiger partial charge in [0.25, 0.3) is 0 Å². The third kappa shape index (κ3) is 4.75. The standard InChI is InChI=1S/C12H14FNO3S/c1-8(12(16)17)6-14-11(15)7-18-10-5-3-2-4-9(10)13/h2-5,8H,6-7H2,1H3,(H,14,15)(H,16,17). The summed E-state index contributed by atoms with van der Waals surface area (Å²) in [6.07, 6.45) is 0. The quantitative estimate of drug-likeness (QED) is 0.774. The number of carbonyl (C=O) groups is 2. The summed E-state index contributed by atoms with van der Waals surface area (Å²) in [5.74, 6) is -2.21. The topological polar surface area (TPSA) is 66.4 Å². The molecule has 1 unspecified atom stereocenters. The lowest BCUT2D eigenvalue weighted by molar-refractivity contribution is -0.141. The highest BCUT2D eigenvalue weighted by atomic mass is 32.2. The summed E-state index contributed by atoms with van der Waals surface area (Å²) in [5.41, 5.74) is 0. The van der Waals surface area contributed by atoms with E-state index in [1.807, 2.05) is 0 Å². The van der Waals surface area contributed by atoms with Crippen LogP contribution in [0.5, 0.6) is 0 Å². The molecule has 1 aromatic carbocycles. The first-order valence-corrected chi connectivity index (χ1v) is 6.36. The highest BCUT2D eigenvalue weighted by molar-refractivity contribution is 8.00. The monoisotopic (exact) mass is 271 g/mol. The number of thioether (sulfide) groups is 1. The van der Waals surface area contributed by atoms with Crippen LogP contribution in [-0.4, -0.2) is 29.3 Å². The number of nitrogens with one attached hydrogen (secondary N) is 1. The lowest BCUT2D eigenvalue weighted by atomic mass is 10.2. The van der Waals surface area contributed by atoms with Crippen molar-refractivity contribution in [2.75, 3.05) is 12.3 Å². The van der Waals surface area contributed by atoms with E-state index in [0.29, 0.717) is 4.90 Å². The van der Waals surface area contributed by atoms with E-state index in [0.717, 1.165) is 11.8 Å². The van der Waals surface area contributed by atoms with Gasteiger partial charge in [-0.1, -0.05) is 19.1 Å². The minimum Gasteiger partial charge on any atom is -0.481 e. The molecule has 6 heteroatoms. The average molecular weight is 271 g/mol. The van der Waals surface area contributed by atoms with E-state index >= 15 is 0 Å². The van der Waals surface area contributed by atoms with E-state index in [4.69, 9.17) is 5.11 Å². The maximum atomic E-state index is 13.2. The zero-order valence-electron chi connectivity index (χ0n) is 9.85. The summed E-state index contributed by atoms with van der Waals surface area (Å²) in [5, 5.41) is 11.1. The molecule has 0 aliphatic rings. The first kappa shape index (κ1) is 14.5. The Morgan fingerprint density at radius 3 is 2.72 bits per heavy atom. The molecule has 0 bridgehead atoms. The van der Waals surface area contributed by atoms with Crippen molar-refractivity contribution in [3.63, 3.8) is 0 Å². The van der Waals surface area contributed by atoms with E-state index in [9.17, 15) is 14.0 Å². The fourth-order valence-corrected chi connectivity index (χ4v) is 1.88. The van der Waals surface area contributed by atoms with E-state index < -0.39 is 11.9 Å². The average Bonchev–Trinajstić information content (AvgIpc) is 2.34. The summed E-state index contributed by atoms with van der Waals surface area (Å²) in [6.45, 7) is 1.58. The van der Waals surface area contributed by atoms with Crippen molar-refractivity contribution in [1.29, 1.82) is 0 Å². The van der Waals surface area contributed by atoms with Gasteiger partial charge in [0.15, 0.2) is 0 Å². The molecule has 1 atom stereocenters. The fourth-order valence-electron chi connectivity index (χ4n) is 1.11. The van der Waals surface area contributed by atoms with Crippen LogP contribution in [0.2, 0.25) is 0 Å². The molecule has 1 rings (SSSR count). The van der Waals surface area contributed by atoms with Crippen LogP contribution in [0.4, 0.5) is 4.39 Å². The number of rotatable bonds is 6. The minimum atomic E-state index is -0.961. The molecule has 4 nitrogen and oxygen atoms in total. The molecule has 98 valence electrons. The third-order valence-corrected chi connectivity index (χ3v) is 3.27. The zero-order chi connectivity index (χ0) is 13.5. The minimum absolute atomic E-state index is 0.0628. The Morgan fingerprint density at radius 1 is 1.44 bits per heavy atom. The Morgan fingerprint density at radius 2 is 2.11 bits per heavy atom. The Labute approximate surface area is 109 Å². The molecule has 0 aromatic heterocycles. The van der Waals surface area contributed by atoms with Gasteiger partial charge in [0.1, 0.15) is 5.82 Å². The number of carbonyl (C=O) groups excluding carboxylic acids is 1. The Balaban J connectivity index is 2.34. The number of halogens is 1. The van der Waals surface area contributed by atoms with Crippen LogP contribution in [0.15, 0.2) is 29.2 Å². The Kier molecular flexibility index (Phi) is 5.64. The van der Waals surface area contributed by atoms with E-state index in [2.05, 4.69) is 5.32 Å². The van der Waals surface area contributed by atoms with E-state index in [-0.39, 0.29) is 24.0 Å². The second-order valence-electron chi connectivity index (χ2n) is 3.76. The van der Waals surface area contributed by atoms with Gasteiger partial charge in [0, 0.05) is 11.4 Å². The van der Waals surface area contributed by atoms with Gasteiger partial charge >= 0.3 is 5.97 Å².